The molecule has 174 valence electrons. The first kappa shape index (κ1) is 22.3. The van der Waals surface area contributed by atoms with Gasteiger partial charge in [0.2, 0.25) is 5.91 Å². The molecule has 10 heteroatoms. The topological polar surface area (TPSA) is 103 Å². The number of thioether (sulfide) groups is 1. The Labute approximate surface area is 201 Å². The van der Waals surface area contributed by atoms with Crippen LogP contribution in [-0.4, -0.2) is 47.2 Å². The number of amides is 1. The number of carbonyl (C=O) groups is 1. The SMILES string of the molecule is Cc1ccc(-c2nc(CSc3nnc(CN4CCCCCC4=O)n3-c3cccnc3)no2)cc1. The second kappa shape index (κ2) is 10.2. The number of nitrogens with zero attached hydrogens (tertiary/aromatic N) is 7. The Morgan fingerprint density at radius 1 is 1.09 bits per heavy atom. The van der Waals surface area contributed by atoms with Gasteiger partial charge in [-0.05, 0) is 44.0 Å². The van der Waals surface area contributed by atoms with E-state index in [1.54, 1.807) is 12.4 Å². The van der Waals surface area contributed by atoms with Gasteiger partial charge in [-0.2, -0.15) is 4.98 Å². The zero-order valence-electron chi connectivity index (χ0n) is 18.9. The molecule has 5 rings (SSSR count). The molecule has 9 nitrogen and oxygen atoms in total. The summed E-state index contributed by atoms with van der Waals surface area (Å²) in [7, 11) is 0. The second-order valence-corrected chi connectivity index (χ2v) is 9.18. The van der Waals surface area contributed by atoms with Crippen molar-refractivity contribution in [3.05, 3.63) is 66.0 Å². The van der Waals surface area contributed by atoms with E-state index in [9.17, 15) is 4.79 Å². The zero-order chi connectivity index (χ0) is 23.3. The lowest BCUT2D eigenvalue weighted by molar-refractivity contribution is -0.131. The molecule has 0 atom stereocenters. The van der Waals surface area contributed by atoms with E-state index >= 15 is 0 Å². The van der Waals surface area contributed by atoms with Crippen LogP contribution in [0.1, 0.15) is 42.9 Å². The van der Waals surface area contributed by atoms with Crippen LogP contribution in [0.2, 0.25) is 0 Å². The van der Waals surface area contributed by atoms with Crippen molar-refractivity contribution < 1.29 is 9.32 Å². The summed E-state index contributed by atoms with van der Waals surface area (Å²) in [6, 6.07) is 11.8. The minimum absolute atomic E-state index is 0.169. The molecule has 34 heavy (non-hydrogen) atoms. The highest BCUT2D eigenvalue weighted by atomic mass is 32.2. The highest BCUT2D eigenvalue weighted by Gasteiger charge is 2.22. The summed E-state index contributed by atoms with van der Waals surface area (Å²) in [6.45, 7) is 3.20. The quantitative estimate of drug-likeness (QED) is 0.366. The van der Waals surface area contributed by atoms with Crippen LogP contribution in [-0.2, 0) is 17.1 Å². The normalized spacial score (nSPS) is 14.4. The molecule has 1 aromatic carbocycles. The third-order valence-corrected chi connectivity index (χ3v) is 6.63. The Balaban J connectivity index is 1.36. The van der Waals surface area contributed by atoms with E-state index in [1.165, 1.54) is 17.3 Å². The van der Waals surface area contributed by atoms with Gasteiger partial charge in [0.1, 0.15) is 0 Å². The molecule has 4 heterocycles. The Kier molecular flexibility index (Phi) is 6.66. The van der Waals surface area contributed by atoms with Crippen LogP contribution >= 0.6 is 11.8 Å². The van der Waals surface area contributed by atoms with Crippen LogP contribution in [0.25, 0.3) is 17.1 Å². The van der Waals surface area contributed by atoms with Gasteiger partial charge in [0.25, 0.3) is 5.89 Å². The summed E-state index contributed by atoms with van der Waals surface area (Å²) in [5, 5.41) is 13.7. The maximum absolute atomic E-state index is 12.5. The Hall–Kier alpha value is -3.53. The summed E-state index contributed by atoms with van der Waals surface area (Å²) in [4.78, 5) is 23.2. The fourth-order valence-electron chi connectivity index (χ4n) is 3.87. The highest BCUT2D eigenvalue weighted by molar-refractivity contribution is 7.98. The van der Waals surface area contributed by atoms with Crippen LogP contribution in [0, 0.1) is 6.92 Å². The van der Waals surface area contributed by atoms with Crippen molar-refractivity contribution in [2.24, 2.45) is 0 Å². The van der Waals surface area contributed by atoms with Gasteiger partial charge >= 0.3 is 0 Å². The lowest BCUT2D eigenvalue weighted by Gasteiger charge is -2.20. The molecule has 0 unspecified atom stereocenters. The Morgan fingerprint density at radius 3 is 2.79 bits per heavy atom. The monoisotopic (exact) mass is 475 g/mol. The van der Waals surface area contributed by atoms with E-state index in [-0.39, 0.29) is 5.91 Å². The number of aromatic nitrogens is 6. The molecule has 0 aliphatic carbocycles. The molecular formula is C24H25N7O2S. The van der Waals surface area contributed by atoms with Crippen molar-refractivity contribution in [3.63, 3.8) is 0 Å². The number of pyridine rings is 1. The molecule has 1 aliphatic rings. The fourth-order valence-corrected chi connectivity index (χ4v) is 4.69. The van der Waals surface area contributed by atoms with Gasteiger partial charge in [-0.3, -0.25) is 14.3 Å². The van der Waals surface area contributed by atoms with E-state index in [2.05, 4.69) is 25.3 Å². The number of hydrogen-bond acceptors (Lipinski definition) is 8. The van der Waals surface area contributed by atoms with E-state index in [4.69, 9.17) is 4.52 Å². The average molecular weight is 476 g/mol. The minimum atomic E-state index is 0.169. The van der Waals surface area contributed by atoms with Crippen LogP contribution in [0.3, 0.4) is 0 Å². The number of hydrogen-bond donors (Lipinski definition) is 0. The van der Waals surface area contributed by atoms with Crippen molar-refractivity contribution >= 4 is 17.7 Å². The molecule has 1 amide bonds. The number of benzene rings is 1. The lowest BCUT2D eigenvalue weighted by atomic mass is 10.1. The molecular weight excluding hydrogens is 450 g/mol. The zero-order valence-corrected chi connectivity index (χ0v) is 19.7. The van der Waals surface area contributed by atoms with E-state index < -0.39 is 0 Å². The fraction of sp³-hybridized carbons (Fsp3) is 0.333. The van der Waals surface area contributed by atoms with Crippen LogP contribution < -0.4 is 0 Å². The summed E-state index contributed by atoms with van der Waals surface area (Å²) < 4.78 is 7.41. The third-order valence-electron chi connectivity index (χ3n) is 5.71. The van der Waals surface area contributed by atoms with Crippen LogP contribution in [0.5, 0.6) is 0 Å². The van der Waals surface area contributed by atoms with E-state index in [1.807, 2.05) is 52.8 Å². The number of aryl methyl sites for hydroxylation is 1. The number of likely N-dealkylation sites (tertiary alicyclic amines) is 1. The van der Waals surface area contributed by atoms with Gasteiger partial charge in [-0.25, -0.2) is 0 Å². The molecule has 3 aromatic heterocycles. The van der Waals surface area contributed by atoms with Crippen molar-refractivity contribution in [2.45, 2.75) is 50.1 Å². The molecule has 0 N–H and O–H groups in total. The first-order valence-electron chi connectivity index (χ1n) is 11.3. The lowest BCUT2D eigenvalue weighted by Crippen LogP contribution is -2.31. The number of carbonyl (C=O) groups excluding carboxylic acids is 1. The van der Waals surface area contributed by atoms with Crippen molar-refractivity contribution in [3.8, 4) is 17.1 Å². The van der Waals surface area contributed by atoms with Crippen molar-refractivity contribution in [1.29, 1.82) is 0 Å². The maximum atomic E-state index is 12.5. The first-order chi connectivity index (χ1) is 16.7. The smallest absolute Gasteiger partial charge is 0.257 e. The predicted molar refractivity (Wildman–Crippen MR) is 127 cm³/mol. The van der Waals surface area contributed by atoms with Crippen molar-refractivity contribution in [2.75, 3.05) is 6.54 Å². The number of rotatable bonds is 7. The average Bonchev–Trinajstić information content (AvgIpc) is 3.44. The van der Waals surface area contributed by atoms with Gasteiger partial charge in [0.05, 0.1) is 24.2 Å². The van der Waals surface area contributed by atoms with Crippen LogP contribution in [0.4, 0.5) is 0 Å². The summed E-state index contributed by atoms with van der Waals surface area (Å²) in [5.41, 5.74) is 2.91. The molecule has 0 spiro atoms. The van der Waals surface area contributed by atoms with Crippen LogP contribution in [0.15, 0.2) is 58.5 Å². The Bertz CT molecular complexity index is 1250. The molecule has 1 saturated heterocycles. The van der Waals surface area contributed by atoms with E-state index in [0.29, 0.717) is 41.4 Å². The molecule has 0 bridgehead atoms. The summed E-state index contributed by atoms with van der Waals surface area (Å²) in [6.07, 6.45) is 7.11. The predicted octanol–water partition coefficient (Wildman–Crippen LogP) is 4.22. The molecule has 0 radical (unpaired) electrons. The Morgan fingerprint density at radius 2 is 1.97 bits per heavy atom. The minimum Gasteiger partial charge on any atom is -0.335 e. The van der Waals surface area contributed by atoms with Gasteiger partial charge < -0.3 is 9.42 Å². The summed E-state index contributed by atoms with van der Waals surface area (Å²) >= 11 is 1.47. The molecule has 1 aliphatic heterocycles. The van der Waals surface area contributed by atoms with Gasteiger partial charge in [0.15, 0.2) is 16.8 Å². The molecule has 4 aromatic rings. The standard InChI is InChI=1S/C24H25N7O2S/c1-17-8-10-18(11-9-17)23-26-20(29-33-23)16-34-24-28-27-21(31(24)19-6-5-12-25-14-19)15-30-13-4-2-3-7-22(30)32/h5-6,8-12,14H,2-4,7,13,15-16H2,1H3. The van der Waals surface area contributed by atoms with Gasteiger partial charge in [-0.1, -0.05) is 41.0 Å². The van der Waals surface area contributed by atoms with Gasteiger partial charge in [0, 0.05) is 24.7 Å². The maximum Gasteiger partial charge on any atom is 0.257 e. The molecule has 1 fully saturated rings. The van der Waals surface area contributed by atoms with Crippen molar-refractivity contribution in [1.82, 2.24) is 34.8 Å². The highest BCUT2D eigenvalue weighted by Crippen LogP contribution is 2.26. The first-order valence-corrected chi connectivity index (χ1v) is 12.3. The summed E-state index contributed by atoms with van der Waals surface area (Å²) in [5.74, 6) is 2.41. The largest absolute Gasteiger partial charge is 0.335 e. The second-order valence-electron chi connectivity index (χ2n) is 8.24. The van der Waals surface area contributed by atoms with E-state index in [0.717, 1.165) is 37.1 Å². The molecule has 0 saturated carbocycles. The third kappa shape index (κ3) is 5.01. The van der Waals surface area contributed by atoms with Gasteiger partial charge in [-0.15, -0.1) is 10.2 Å².